The van der Waals surface area contributed by atoms with Crippen LogP contribution in [0.15, 0.2) is 0 Å². The smallest absolute Gasteiger partial charge is 0.192 e. The van der Waals surface area contributed by atoms with Gasteiger partial charge in [-0.3, -0.25) is 0 Å². The maximum Gasteiger partial charge on any atom is 0.192 e. The van der Waals surface area contributed by atoms with E-state index in [1.165, 1.54) is 32.1 Å². The van der Waals surface area contributed by atoms with Gasteiger partial charge < -0.3 is 9.16 Å². The van der Waals surface area contributed by atoms with Crippen LogP contribution in [0.4, 0.5) is 0 Å². The Balaban J connectivity index is 2.01. The lowest BCUT2D eigenvalue weighted by atomic mass is 9.74. The number of ether oxygens (including phenoxy) is 1. The molecule has 0 bridgehead atoms. The highest BCUT2D eigenvalue weighted by Crippen LogP contribution is 2.58. The Kier molecular flexibility index (Phi) is 4.70. The van der Waals surface area contributed by atoms with E-state index in [1.54, 1.807) is 0 Å². The summed E-state index contributed by atoms with van der Waals surface area (Å²) in [6.07, 6.45) is 7.94. The molecule has 0 aromatic heterocycles. The predicted octanol–water partition coefficient (Wildman–Crippen LogP) is 5.53. The summed E-state index contributed by atoms with van der Waals surface area (Å²) in [5, 5.41) is 0.276. The van der Waals surface area contributed by atoms with Gasteiger partial charge in [-0.25, -0.2) is 0 Å². The van der Waals surface area contributed by atoms with Gasteiger partial charge in [0, 0.05) is 0 Å². The topological polar surface area (TPSA) is 21.8 Å². The summed E-state index contributed by atoms with van der Waals surface area (Å²) < 4.78 is 12.9. The van der Waals surface area contributed by atoms with Crippen LogP contribution >= 0.6 is 0 Å². The second kappa shape index (κ2) is 5.65. The van der Waals surface area contributed by atoms with Gasteiger partial charge in [-0.05, 0) is 50.2 Å². The fraction of sp³-hybridized carbons (Fsp3) is 1.00. The first kappa shape index (κ1) is 17.5. The molecule has 2 atom stereocenters. The fourth-order valence-corrected chi connectivity index (χ4v) is 4.73. The van der Waals surface area contributed by atoms with Gasteiger partial charge in [0.25, 0.3) is 0 Å². The van der Waals surface area contributed by atoms with Gasteiger partial charge in [-0.1, -0.05) is 47.0 Å². The van der Waals surface area contributed by atoms with E-state index in [9.17, 15) is 0 Å². The first-order chi connectivity index (χ1) is 9.58. The van der Waals surface area contributed by atoms with Crippen LogP contribution in [0.5, 0.6) is 0 Å². The normalized spacial score (nSPS) is 35.0. The summed E-state index contributed by atoms with van der Waals surface area (Å²) in [6.45, 7) is 17.0. The Morgan fingerprint density at radius 3 is 2.19 bits per heavy atom. The molecule has 0 aromatic rings. The molecule has 1 saturated heterocycles. The Hall–Kier alpha value is 0.137. The van der Waals surface area contributed by atoms with E-state index >= 15 is 0 Å². The molecule has 0 unspecified atom stereocenters. The van der Waals surface area contributed by atoms with E-state index in [0.29, 0.717) is 0 Å². The van der Waals surface area contributed by atoms with Gasteiger partial charge in [0.2, 0.25) is 0 Å². The van der Waals surface area contributed by atoms with E-state index in [4.69, 9.17) is 9.16 Å². The maximum atomic E-state index is 6.51. The molecule has 2 rings (SSSR count). The number of rotatable bonds is 5. The highest BCUT2D eigenvalue weighted by Gasteiger charge is 2.69. The van der Waals surface area contributed by atoms with Crippen LogP contribution in [-0.2, 0) is 9.16 Å². The summed E-state index contributed by atoms with van der Waals surface area (Å²) in [5.41, 5.74) is 0.0645. The van der Waals surface area contributed by atoms with E-state index in [1.807, 2.05) is 0 Å². The molecule has 1 heterocycles. The van der Waals surface area contributed by atoms with E-state index in [0.717, 1.165) is 18.9 Å². The van der Waals surface area contributed by atoms with Crippen molar-refractivity contribution in [2.75, 3.05) is 6.61 Å². The van der Waals surface area contributed by atoms with Crippen molar-refractivity contribution >= 4 is 8.32 Å². The Morgan fingerprint density at radius 2 is 1.71 bits per heavy atom. The standard InChI is InChI=1S/C18H36O2Si/c1-8-18(14-19-21(6,7)16(2,3)4)17(5,20-18)15-12-10-9-11-13-15/h15H,8-14H2,1-7H3/t17-,18+/m1/s1. The van der Waals surface area contributed by atoms with E-state index in [-0.39, 0.29) is 16.2 Å². The van der Waals surface area contributed by atoms with Gasteiger partial charge in [0.1, 0.15) is 11.2 Å². The first-order valence-electron chi connectivity index (χ1n) is 8.92. The number of hydrogen-bond donors (Lipinski definition) is 0. The summed E-state index contributed by atoms with van der Waals surface area (Å²) >= 11 is 0. The predicted molar refractivity (Wildman–Crippen MR) is 92.2 cm³/mol. The summed E-state index contributed by atoms with van der Waals surface area (Å²) in [4.78, 5) is 0. The fourth-order valence-electron chi connectivity index (χ4n) is 3.70. The second-order valence-electron chi connectivity index (χ2n) is 8.94. The van der Waals surface area contributed by atoms with Crippen molar-refractivity contribution in [2.24, 2.45) is 5.92 Å². The van der Waals surface area contributed by atoms with E-state index < -0.39 is 8.32 Å². The molecule has 0 N–H and O–H groups in total. The molecule has 1 aliphatic heterocycles. The average Bonchev–Trinajstić information content (AvgIpc) is 3.04. The maximum absolute atomic E-state index is 6.51. The Labute approximate surface area is 133 Å². The van der Waals surface area contributed by atoms with Crippen molar-refractivity contribution in [3.63, 3.8) is 0 Å². The van der Waals surface area contributed by atoms with Crippen molar-refractivity contribution in [3.05, 3.63) is 0 Å². The largest absolute Gasteiger partial charge is 0.414 e. The van der Waals surface area contributed by atoms with Crippen LogP contribution in [0.25, 0.3) is 0 Å². The van der Waals surface area contributed by atoms with Gasteiger partial charge in [-0.15, -0.1) is 0 Å². The molecule has 124 valence electrons. The lowest BCUT2D eigenvalue weighted by Crippen LogP contribution is -2.45. The summed E-state index contributed by atoms with van der Waals surface area (Å²) in [6, 6.07) is 0. The molecular formula is C18H36O2Si. The molecule has 2 aliphatic rings. The van der Waals surface area contributed by atoms with Crippen molar-refractivity contribution < 1.29 is 9.16 Å². The molecule has 2 fully saturated rings. The number of hydrogen-bond acceptors (Lipinski definition) is 2. The van der Waals surface area contributed by atoms with Gasteiger partial charge >= 0.3 is 0 Å². The molecule has 0 amide bonds. The van der Waals surface area contributed by atoms with Crippen LogP contribution < -0.4 is 0 Å². The molecule has 0 aromatic carbocycles. The molecule has 1 aliphatic carbocycles. The quantitative estimate of drug-likeness (QED) is 0.492. The minimum atomic E-state index is -1.68. The minimum absolute atomic E-state index is 0.00940. The van der Waals surface area contributed by atoms with Crippen LogP contribution in [0, 0.1) is 5.92 Å². The minimum Gasteiger partial charge on any atom is -0.414 e. The van der Waals surface area contributed by atoms with Gasteiger partial charge in [-0.2, -0.15) is 0 Å². The van der Waals surface area contributed by atoms with Gasteiger partial charge in [0.15, 0.2) is 8.32 Å². The molecule has 21 heavy (non-hydrogen) atoms. The summed E-state index contributed by atoms with van der Waals surface area (Å²) in [5.74, 6) is 0.745. The molecule has 3 heteroatoms. The SMILES string of the molecule is CC[C@@]1(CO[Si](C)(C)C(C)(C)C)O[C@]1(C)C1CCCCC1. The molecule has 2 nitrogen and oxygen atoms in total. The molecule has 1 saturated carbocycles. The molecule has 0 radical (unpaired) electrons. The zero-order chi connectivity index (χ0) is 15.9. The highest BCUT2D eigenvalue weighted by molar-refractivity contribution is 6.74. The van der Waals surface area contributed by atoms with Crippen LogP contribution in [-0.4, -0.2) is 26.1 Å². The third-order valence-corrected chi connectivity index (χ3v) is 11.2. The van der Waals surface area contributed by atoms with Crippen LogP contribution in [0.1, 0.15) is 73.1 Å². The van der Waals surface area contributed by atoms with Crippen LogP contribution in [0.2, 0.25) is 18.1 Å². The Bertz CT molecular complexity index is 368. The third-order valence-electron chi connectivity index (χ3n) is 6.70. The zero-order valence-electron chi connectivity index (χ0n) is 15.3. The van der Waals surface area contributed by atoms with Crippen molar-refractivity contribution in [2.45, 2.75) is 102 Å². The average molecular weight is 313 g/mol. The first-order valence-corrected chi connectivity index (χ1v) is 11.8. The monoisotopic (exact) mass is 312 g/mol. The zero-order valence-corrected chi connectivity index (χ0v) is 16.3. The van der Waals surface area contributed by atoms with Gasteiger partial charge in [0.05, 0.1) is 6.61 Å². The van der Waals surface area contributed by atoms with Crippen molar-refractivity contribution in [3.8, 4) is 0 Å². The van der Waals surface area contributed by atoms with E-state index in [2.05, 4.69) is 47.7 Å². The van der Waals surface area contributed by atoms with Crippen LogP contribution in [0.3, 0.4) is 0 Å². The van der Waals surface area contributed by atoms with Crippen molar-refractivity contribution in [1.82, 2.24) is 0 Å². The lowest BCUT2D eigenvalue weighted by molar-refractivity contribution is 0.163. The lowest BCUT2D eigenvalue weighted by Gasteiger charge is -2.37. The summed E-state index contributed by atoms with van der Waals surface area (Å²) in [7, 11) is -1.68. The number of epoxide rings is 1. The van der Waals surface area contributed by atoms with Crippen molar-refractivity contribution in [1.29, 1.82) is 0 Å². The molecule has 0 spiro atoms. The second-order valence-corrected chi connectivity index (χ2v) is 13.8. The highest BCUT2D eigenvalue weighted by atomic mass is 28.4. The third kappa shape index (κ3) is 3.11. The Morgan fingerprint density at radius 1 is 1.14 bits per heavy atom. The molecular weight excluding hydrogens is 276 g/mol.